The number of rotatable bonds is 3. The van der Waals surface area contributed by atoms with Gasteiger partial charge in [0.25, 0.3) is 0 Å². The first-order valence-electron chi connectivity index (χ1n) is 5.93. The Morgan fingerprint density at radius 3 is 2.22 bits per heavy atom. The van der Waals surface area contributed by atoms with Gasteiger partial charge in [-0.2, -0.15) is 0 Å². The molecule has 1 nitrogen and oxygen atoms in total. The average Bonchev–Trinajstić information content (AvgIpc) is 2.41. The number of benzene rings is 2. The molecule has 0 atom stereocenters. The van der Waals surface area contributed by atoms with E-state index in [0.717, 1.165) is 5.75 Å². The summed E-state index contributed by atoms with van der Waals surface area (Å²) < 4.78 is 8.25. The van der Waals surface area contributed by atoms with Crippen molar-refractivity contribution in [1.29, 1.82) is 0 Å². The molecule has 0 heterocycles. The Hall–Kier alpha value is -1.03. The van der Waals surface area contributed by atoms with Crippen LogP contribution in [0.1, 0.15) is 11.1 Å². The second-order valence-electron chi connectivity index (χ2n) is 4.38. The van der Waals surface area contributed by atoms with Crippen LogP contribution in [0.25, 0.3) is 0 Å². The van der Waals surface area contributed by atoms with Crippen LogP contribution in [-0.2, 0) is 0 Å². The summed E-state index contributed by atoms with van der Waals surface area (Å²) in [6, 6.07) is 15.3. The summed E-state index contributed by atoms with van der Waals surface area (Å²) in [6.07, 6.45) is 0. The van der Waals surface area contributed by atoms with E-state index in [1.54, 1.807) is 10.7 Å². The number of alkyl halides is 1. The van der Waals surface area contributed by atoms with Crippen LogP contribution in [0, 0.1) is 21.0 Å². The van der Waals surface area contributed by atoms with Crippen LogP contribution >= 0.6 is 19.8 Å². The van der Waals surface area contributed by atoms with E-state index in [4.69, 9.17) is 4.74 Å². The van der Waals surface area contributed by atoms with Gasteiger partial charge in [-0.25, -0.2) is 0 Å². The van der Waals surface area contributed by atoms with E-state index < -0.39 is 19.8 Å². The molecular weight excluding hydrogens is 335 g/mol. The van der Waals surface area contributed by atoms with Crippen LogP contribution in [0.4, 0.5) is 0 Å². The van der Waals surface area contributed by atoms with Gasteiger partial charge in [-0.15, -0.1) is 0 Å². The second kappa shape index (κ2) is 5.74. The van der Waals surface area contributed by atoms with Gasteiger partial charge in [0.1, 0.15) is 0 Å². The van der Waals surface area contributed by atoms with Crippen LogP contribution in [0.15, 0.2) is 42.5 Å². The summed E-state index contributed by atoms with van der Waals surface area (Å²) >= 11 is -1.26. The summed E-state index contributed by atoms with van der Waals surface area (Å²) in [5.74, 6) is 0.934. The average molecular weight is 354 g/mol. The van der Waals surface area contributed by atoms with Crippen molar-refractivity contribution in [3.8, 4) is 5.75 Å². The van der Waals surface area contributed by atoms with E-state index in [2.05, 4.69) is 61.2 Å². The molecule has 0 radical (unpaired) electrons. The van der Waals surface area contributed by atoms with Crippen molar-refractivity contribution in [1.82, 2.24) is 0 Å². The number of aryl methyl sites for hydroxylation is 2. The Balaban J connectivity index is 2.34. The number of hydrogen-bond acceptors (Lipinski definition) is 1. The summed E-state index contributed by atoms with van der Waals surface area (Å²) in [4.78, 5) is 2.41. The van der Waals surface area contributed by atoms with Crippen LogP contribution in [0.3, 0.4) is 0 Å². The molecule has 2 aromatic rings. The standard InChI is InChI=1S/C16H19IO/c1-12-5-6-13(2)16(11-12)17(3)14-7-9-15(18-4)10-8-14/h5-11H,1-4H3. The molecule has 96 valence electrons. The minimum absolute atomic E-state index is 0.934. The van der Waals surface area contributed by atoms with Crippen LogP contribution < -0.4 is 4.74 Å². The molecule has 0 aliphatic rings. The van der Waals surface area contributed by atoms with Gasteiger partial charge in [-0.1, -0.05) is 0 Å². The Kier molecular flexibility index (Phi) is 4.27. The molecule has 0 saturated carbocycles. The quantitative estimate of drug-likeness (QED) is 0.583. The van der Waals surface area contributed by atoms with Gasteiger partial charge in [0.05, 0.1) is 0 Å². The fraction of sp³-hybridized carbons (Fsp3) is 0.250. The van der Waals surface area contributed by atoms with E-state index in [9.17, 15) is 0 Å². The van der Waals surface area contributed by atoms with Crippen LogP contribution in [0.2, 0.25) is 0 Å². The van der Waals surface area contributed by atoms with Gasteiger partial charge in [0, 0.05) is 0 Å². The molecule has 0 amide bonds. The zero-order chi connectivity index (χ0) is 13.1. The first-order valence-corrected chi connectivity index (χ1v) is 10.2. The third-order valence-electron chi connectivity index (χ3n) is 3.01. The molecule has 0 unspecified atom stereocenters. The molecule has 0 fully saturated rings. The Morgan fingerprint density at radius 1 is 0.944 bits per heavy atom. The SMILES string of the molecule is COc1ccc(I(C)c2cc(C)ccc2C)cc1. The van der Waals surface area contributed by atoms with E-state index in [1.165, 1.54) is 14.7 Å². The summed E-state index contributed by atoms with van der Waals surface area (Å²) in [7, 11) is 1.71. The fourth-order valence-corrected chi connectivity index (χ4v) is 6.40. The molecule has 0 aromatic heterocycles. The molecular formula is C16H19IO. The van der Waals surface area contributed by atoms with Gasteiger partial charge in [-0.3, -0.25) is 0 Å². The summed E-state index contributed by atoms with van der Waals surface area (Å²) in [6.45, 7) is 4.38. The van der Waals surface area contributed by atoms with Crippen molar-refractivity contribution in [2.24, 2.45) is 0 Å². The second-order valence-corrected chi connectivity index (χ2v) is 9.49. The molecule has 18 heavy (non-hydrogen) atoms. The topological polar surface area (TPSA) is 9.23 Å². The van der Waals surface area contributed by atoms with E-state index in [0.29, 0.717) is 0 Å². The van der Waals surface area contributed by atoms with Crippen LogP contribution in [0.5, 0.6) is 5.75 Å². The first kappa shape index (κ1) is 13.4. The predicted molar refractivity (Wildman–Crippen MR) is 86.2 cm³/mol. The summed E-state index contributed by atoms with van der Waals surface area (Å²) in [5, 5.41) is 0. The third kappa shape index (κ3) is 2.86. The van der Waals surface area contributed by atoms with E-state index in [-0.39, 0.29) is 0 Å². The molecule has 0 spiro atoms. The zero-order valence-corrected chi connectivity index (χ0v) is 13.5. The third-order valence-corrected chi connectivity index (χ3v) is 8.50. The maximum atomic E-state index is 5.21. The number of methoxy groups -OCH3 is 1. The van der Waals surface area contributed by atoms with Crippen molar-refractivity contribution >= 4 is 19.8 Å². The fourth-order valence-electron chi connectivity index (χ4n) is 1.88. The molecule has 0 saturated heterocycles. The van der Waals surface area contributed by atoms with Gasteiger partial charge in [-0.05, 0) is 0 Å². The predicted octanol–water partition coefficient (Wildman–Crippen LogP) is 4.49. The van der Waals surface area contributed by atoms with Gasteiger partial charge in [0.15, 0.2) is 0 Å². The number of hydrogen-bond donors (Lipinski definition) is 0. The Bertz CT molecular complexity index is 531. The summed E-state index contributed by atoms with van der Waals surface area (Å²) in [5.41, 5.74) is 2.78. The van der Waals surface area contributed by atoms with Gasteiger partial charge >= 0.3 is 117 Å². The van der Waals surface area contributed by atoms with E-state index >= 15 is 0 Å². The Labute approximate surface area is 117 Å². The maximum absolute atomic E-state index is 5.21. The monoisotopic (exact) mass is 354 g/mol. The molecule has 2 heteroatoms. The number of ether oxygens (including phenoxy) is 1. The Morgan fingerprint density at radius 2 is 1.61 bits per heavy atom. The van der Waals surface area contributed by atoms with Crippen molar-refractivity contribution in [3.05, 3.63) is 60.7 Å². The minimum atomic E-state index is -1.26. The van der Waals surface area contributed by atoms with Crippen molar-refractivity contribution in [2.75, 3.05) is 12.0 Å². The van der Waals surface area contributed by atoms with Crippen molar-refractivity contribution in [3.63, 3.8) is 0 Å². The van der Waals surface area contributed by atoms with E-state index in [1.807, 2.05) is 0 Å². The molecule has 0 aliphatic carbocycles. The zero-order valence-electron chi connectivity index (χ0n) is 11.3. The van der Waals surface area contributed by atoms with Crippen molar-refractivity contribution in [2.45, 2.75) is 13.8 Å². The van der Waals surface area contributed by atoms with Crippen LogP contribution in [-0.4, -0.2) is 12.0 Å². The van der Waals surface area contributed by atoms with Crippen molar-refractivity contribution < 1.29 is 4.74 Å². The van der Waals surface area contributed by atoms with Gasteiger partial charge in [0.2, 0.25) is 0 Å². The molecule has 0 N–H and O–H groups in total. The molecule has 0 bridgehead atoms. The first-order chi connectivity index (χ1) is 8.61. The molecule has 2 aromatic carbocycles. The molecule has 2 rings (SSSR count). The normalized spacial score (nSPS) is 11.2. The molecule has 0 aliphatic heterocycles. The van der Waals surface area contributed by atoms with Gasteiger partial charge < -0.3 is 0 Å². The number of halogens is 1.